The molecule has 0 saturated heterocycles. The van der Waals surface area contributed by atoms with E-state index < -0.39 is 11.8 Å². The van der Waals surface area contributed by atoms with E-state index in [4.69, 9.17) is 9.52 Å². The van der Waals surface area contributed by atoms with Gasteiger partial charge in [0, 0.05) is 0 Å². The number of hydrogen-bond acceptors (Lipinski definition) is 5. The second-order valence-corrected chi connectivity index (χ2v) is 4.04. The molecule has 1 heterocycles. The molecule has 0 aliphatic heterocycles. The summed E-state index contributed by atoms with van der Waals surface area (Å²) in [7, 11) is 0. The molecule has 1 aromatic carbocycles. The number of hydrogen-bond donors (Lipinski definition) is 3. The predicted molar refractivity (Wildman–Crippen MR) is 74.9 cm³/mol. The number of rotatable bonds is 5. The normalized spacial score (nSPS) is 10.5. The fourth-order valence-corrected chi connectivity index (χ4v) is 1.43. The Morgan fingerprint density at radius 3 is 2.67 bits per heavy atom. The molecule has 7 heteroatoms. The molecule has 2 amide bonds. The Labute approximate surface area is 120 Å². The van der Waals surface area contributed by atoms with E-state index in [1.807, 2.05) is 0 Å². The first-order chi connectivity index (χ1) is 10.1. The smallest absolute Gasteiger partial charge is 0.287 e. The van der Waals surface area contributed by atoms with Crippen LogP contribution in [0.15, 0.2) is 52.2 Å². The minimum atomic E-state index is -0.474. The molecule has 0 fully saturated rings. The van der Waals surface area contributed by atoms with Crippen LogP contribution in [-0.2, 0) is 4.79 Å². The lowest BCUT2D eigenvalue weighted by Gasteiger charge is -2.01. The van der Waals surface area contributed by atoms with Gasteiger partial charge in [-0.3, -0.25) is 9.59 Å². The number of carbonyl (C=O) groups excluding carboxylic acids is 2. The lowest BCUT2D eigenvalue weighted by Crippen LogP contribution is -2.34. The van der Waals surface area contributed by atoms with Crippen LogP contribution in [0.3, 0.4) is 0 Å². The van der Waals surface area contributed by atoms with E-state index in [2.05, 4.69) is 15.8 Å². The lowest BCUT2D eigenvalue weighted by atomic mass is 10.2. The minimum absolute atomic E-state index is 0.135. The number of hydrazone groups is 1. The number of amides is 2. The summed E-state index contributed by atoms with van der Waals surface area (Å²) in [6, 6.07) is 9.38. The summed E-state index contributed by atoms with van der Waals surface area (Å²) < 4.78 is 4.88. The highest BCUT2D eigenvalue weighted by Gasteiger charge is 2.09. The topological polar surface area (TPSA) is 104 Å². The molecular weight excluding hydrogens is 274 g/mol. The Bertz CT molecular complexity index is 633. The molecule has 0 aliphatic carbocycles. The zero-order chi connectivity index (χ0) is 15.1. The Morgan fingerprint density at radius 1 is 1.24 bits per heavy atom. The molecule has 0 spiro atoms. The van der Waals surface area contributed by atoms with Gasteiger partial charge in [-0.05, 0) is 42.0 Å². The second kappa shape index (κ2) is 6.90. The number of furan rings is 1. The number of benzene rings is 1. The van der Waals surface area contributed by atoms with E-state index in [0.29, 0.717) is 5.56 Å². The highest BCUT2D eigenvalue weighted by molar-refractivity contribution is 5.94. The molecule has 0 aliphatic rings. The highest BCUT2D eigenvalue weighted by atomic mass is 16.3. The van der Waals surface area contributed by atoms with Gasteiger partial charge in [-0.15, -0.1) is 0 Å². The van der Waals surface area contributed by atoms with Crippen molar-refractivity contribution >= 4 is 18.0 Å². The summed E-state index contributed by atoms with van der Waals surface area (Å²) in [6.07, 6.45) is 2.79. The van der Waals surface area contributed by atoms with Crippen molar-refractivity contribution in [3.8, 4) is 5.75 Å². The average Bonchev–Trinajstić information content (AvgIpc) is 3.01. The van der Waals surface area contributed by atoms with Crippen LogP contribution in [0.5, 0.6) is 5.75 Å². The van der Waals surface area contributed by atoms with Crippen molar-refractivity contribution in [1.82, 2.24) is 10.7 Å². The quantitative estimate of drug-likeness (QED) is 0.560. The summed E-state index contributed by atoms with van der Waals surface area (Å²) in [5, 5.41) is 15.2. The summed E-state index contributed by atoms with van der Waals surface area (Å²) in [5.74, 6) is -0.658. The van der Waals surface area contributed by atoms with Gasteiger partial charge in [-0.1, -0.05) is 0 Å². The van der Waals surface area contributed by atoms with Crippen molar-refractivity contribution in [3.63, 3.8) is 0 Å². The molecule has 7 nitrogen and oxygen atoms in total. The first-order valence-electron chi connectivity index (χ1n) is 6.08. The molecule has 3 N–H and O–H groups in total. The Balaban J connectivity index is 1.74. The molecular formula is C14H13N3O4. The van der Waals surface area contributed by atoms with E-state index in [0.717, 1.165) is 0 Å². The molecule has 0 bridgehead atoms. The maximum Gasteiger partial charge on any atom is 0.287 e. The molecule has 0 radical (unpaired) electrons. The maximum absolute atomic E-state index is 11.5. The third-order valence-electron chi connectivity index (χ3n) is 2.45. The van der Waals surface area contributed by atoms with Crippen LogP contribution in [0.25, 0.3) is 0 Å². The van der Waals surface area contributed by atoms with E-state index in [1.165, 1.54) is 30.7 Å². The minimum Gasteiger partial charge on any atom is -0.508 e. The van der Waals surface area contributed by atoms with Crippen LogP contribution in [0, 0.1) is 0 Å². The van der Waals surface area contributed by atoms with Gasteiger partial charge in [0.05, 0.1) is 19.0 Å². The van der Waals surface area contributed by atoms with Crippen molar-refractivity contribution in [2.24, 2.45) is 5.10 Å². The fourth-order valence-electron chi connectivity index (χ4n) is 1.43. The highest BCUT2D eigenvalue weighted by Crippen LogP contribution is 2.07. The number of phenols is 1. The lowest BCUT2D eigenvalue weighted by molar-refractivity contribution is -0.120. The van der Waals surface area contributed by atoms with Gasteiger partial charge in [0.25, 0.3) is 11.8 Å². The second-order valence-electron chi connectivity index (χ2n) is 4.04. The number of phenolic OH excluding ortho intramolecular Hbond substituents is 1. The van der Waals surface area contributed by atoms with Crippen molar-refractivity contribution in [2.45, 2.75) is 0 Å². The largest absolute Gasteiger partial charge is 0.508 e. The summed E-state index contributed by atoms with van der Waals surface area (Å²) >= 11 is 0. The van der Waals surface area contributed by atoms with Gasteiger partial charge in [0.15, 0.2) is 5.76 Å². The van der Waals surface area contributed by atoms with Crippen molar-refractivity contribution in [3.05, 3.63) is 54.0 Å². The van der Waals surface area contributed by atoms with Gasteiger partial charge in [0.1, 0.15) is 5.75 Å². The molecule has 1 aromatic heterocycles. The van der Waals surface area contributed by atoms with Crippen molar-refractivity contribution in [1.29, 1.82) is 0 Å². The third kappa shape index (κ3) is 4.50. The van der Waals surface area contributed by atoms with Crippen LogP contribution in [0.2, 0.25) is 0 Å². The first-order valence-corrected chi connectivity index (χ1v) is 6.08. The molecule has 21 heavy (non-hydrogen) atoms. The fraction of sp³-hybridized carbons (Fsp3) is 0.0714. The SMILES string of the molecule is O=C(CNC(=O)c1ccco1)N/N=C/c1ccc(O)cc1. The van der Waals surface area contributed by atoms with Crippen LogP contribution in [0.4, 0.5) is 0 Å². The van der Waals surface area contributed by atoms with Crippen LogP contribution in [-0.4, -0.2) is 29.7 Å². The Morgan fingerprint density at radius 2 is 2.00 bits per heavy atom. The summed E-state index contributed by atoms with van der Waals surface area (Å²) in [4.78, 5) is 22.9. The predicted octanol–water partition coefficient (Wildman–Crippen LogP) is 0.865. The molecule has 2 rings (SSSR count). The number of carbonyl (C=O) groups is 2. The van der Waals surface area contributed by atoms with Crippen molar-refractivity contribution < 1.29 is 19.1 Å². The van der Waals surface area contributed by atoms with E-state index in [1.54, 1.807) is 18.2 Å². The Hall–Kier alpha value is -3.09. The molecule has 0 saturated carbocycles. The summed E-state index contributed by atoms with van der Waals surface area (Å²) in [5.41, 5.74) is 2.98. The van der Waals surface area contributed by atoms with Crippen LogP contribution >= 0.6 is 0 Å². The molecule has 108 valence electrons. The third-order valence-corrected chi connectivity index (χ3v) is 2.45. The van der Waals surface area contributed by atoms with E-state index in [9.17, 15) is 9.59 Å². The molecule has 0 atom stereocenters. The standard InChI is InChI=1S/C14H13N3O4/c18-11-5-3-10(4-6-11)8-16-17-13(19)9-15-14(20)12-2-1-7-21-12/h1-8,18H,9H2,(H,15,20)(H,17,19)/b16-8+. The van der Waals surface area contributed by atoms with Crippen LogP contribution in [0.1, 0.15) is 16.1 Å². The van der Waals surface area contributed by atoms with Crippen molar-refractivity contribution in [2.75, 3.05) is 6.54 Å². The van der Waals surface area contributed by atoms with E-state index >= 15 is 0 Å². The van der Waals surface area contributed by atoms with Gasteiger partial charge < -0.3 is 14.8 Å². The zero-order valence-electron chi connectivity index (χ0n) is 10.9. The monoisotopic (exact) mass is 287 g/mol. The number of nitrogens with zero attached hydrogens (tertiary/aromatic N) is 1. The first kappa shape index (κ1) is 14.3. The van der Waals surface area contributed by atoms with Gasteiger partial charge >= 0.3 is 0 Å². The number of nitrogens with one attached hydrogen (secondary N) is 2. The molecule has 2 aromatic rings. The maximum atomic E-state index is 11.5. The van der Waals surface area contributed by atoms with Gasteiger partial charge in [-0.25, -0.2) is 5.43 Å². The zero-order valence-corrected chi connectivity index (χ0v) is 10.9. The van der Waals surface area contributed by atoms with Gasteiger partial charge in [0.2, 0.25) is 0 Å². The Kier molecular flexibility index (Phi) is 4.70. The summed E-state index contributed by atoms with van der Waals surface area (Å²) in [6.45, 7) is -0.216. The average molecular weight is 287 g/mol. The van der Waals surface area contributed by atoms with E-state index in [-0.39, 0.29) is 18.1 Å². The number of aromatic hydroxyl groups is 1. The van der Waals surface area contributed by atoms with Crippen LogP contribution < -0.4 is 10.7 Å². The van der Waals surface area contributed by atoms with Gasteiger partial charge in [-0.2, -0.15) is 5.10 Å². The molecule has 0 unspecified atom stereocenters.